The Morgan fingerprint density at radius 1 is 1.00 bits per heavy atom. The average Bonchev–Trinajstić information content (AvgIpc) is 2.75. The van der Waals surface area contributed by atoms with Gasteiger partial charge in [0.25, 0.3) is 0 Å². The largest absolute Gasteiger partial charge is 0.378 e. The monoisotopic (exact) mass is 405 g/mol. The normalized spacial score (nSPS) is 28.1. The maximum atomic E-state index is 13.5. The summed E-state index contributed by atoms with van der Waals surface area (Å²) in [6, 6.07) is 5.78. The van der Waals surface area contributed by atoms with Gasteiger partial charge in [0.1, 0.15) is 6.07 Å². The molecule has 2 aliphatic carbocycles. The van der Waals surface area contributed by atoms with E-state index in [1.807, 2.05) is 0 Å². The lowest BCUT2D eigenvalue weighted by Gasteiger charge is -2.32. The fourth-order valence-corrected chi connectivity index (χ4v) is 4.78. The summed E-state index contributed by atoms with van der Waals surface area (Å²) in [5.74, 6) is -0.706. The molecule has 1 aromatic carbocycles. The molecule has 0 atom stereocenters. The third-order valence-corrected chi connectivity index (χ3v) is 6.63. The number of benzene rings is 1. The first-order valence-electron chi connectivity index (χ1n) is 10.9. The van der Waals surface area contributed by atoms with E-state index in [0.29, 0.717) is 24.2 Å². The Labute approximate surface area is 171 Å². The predicted molar refractivity (Wildman–Crippen MR) is 107 cm³/mol. The van der Waals surface area contributed by atoms with Crippen molar-refractivity contribution in [3.8, 4) is 6.07 Å². The SMILES string of the molecule is N#CC(F)=CCCC1CCC(COC2CCC(c3ccc(F)c(F)c3)CC2)CC1. The summed E-state index contributed by atoms with van der Waals surface area (Å²) in [5, 5.41) is 8.43. The van der Waals surface area contributed by atoms with Gasteiger partial charge in [-0.25, -0.2) is 8.78 Å². The van der Waals surface area contributed by atoms with Crippen molar-refractivity contribution in [3.05, 3.63) is 47.3 Å². The van der Waals surface area contributed by atoms with Gasteiger partial charge in [-0.05, 0) is 92.9 Å². The topological polar surface area (TPSA) is 33.0 Å². The molecule has 2 fully saturated rings. The zero-order valence-electron chi connectivity index (χ0n) is 16.9. The van der Waals surface area contributed by atoms with Crippen LogP contribution in [0.4, 0.5) is 13.2 Å². The Kier molecular flexibility index (Phi) is 8.18. The number of allylic oxidation sites excluding steroid dienone is 2. The minimum atomic E-state index is -0.786. The minimum absolute atomic E-state index is 0.272. The van der Waals surface area contributed by atoms with E-state index in [9.17, 15) is 13.2 Å². The molecule has 0 amide bonds. The second-order valence-electron chi connectivity index (χ2n) is 8.61. The maximum absolute atomic E-state index is 13.5. The van der Waals surface area contributed by atoms with Crippen LogP contribution in [0.2, 0.25) is 0 Å². The first kappa shape index (κ1) is 21.9. The van der Waals surface area contributed by atoms with Crippen molar-refractivity contribution in [2.45, 2.75) is 76.2 Å². The lowest BCUT2D eigenvalue weighted by molar-refractivity contribution is -0.00476. The van der Waals surface area contributed by atoms with E-state index in [0.717, 1.165) is 70.0 Å². The second-order valence-corrected chi connectivity index (χ2v) is 8.61. The number of ether oxygens (including phenoxy) is 1. The van der Waals surface area contributed by atoms with Crippen LogP contribution in [0.25, 0.3) is 0 Å². The fraction of sp³-hybridized carbons (Fsp3) is 0.625. The fourth-order valence-electron chi connectivity index (χ4n) is 4.78. The lowest BCUT2D eigenvalue weighted by Crippen LogP contribution is -2.25. The van der Waals surface area contributed by atoms with Gasteiger partial charge in [-0.2, -0.15) is 9.65 Å². The van der Waals surface area contributed by atoms with E-state index >= 15 is 0 Å². The lowest BCUT2D eigenvalue weighted by atomic mass is 9.80. The Hall–Kier alpha value is -1.80. The van der Waals surface area contributed by atoms with Gasteiger partial charge >= 0.3 is 0 Å². The molecule has 0 N–H and O–H groups in total. The molecule has 0 spiro atoms. The van der Waals surface area contributed by atoms with E-state index in [2.05, 4.69) is 0 Å². The number of nitrogens with zero attached hydrogens (tertiary/aromatic N) is 1. The van der Waals surface area contributed by atoms with Crippen LogP contribution in [0, 0.1) is 34.8 Å². The molecule has 0 aromatic heterocycles. The van der Waals surface area contributed by atoms with Crippen LogP contribution in [-0.2, 0) is 4.74 Å². The zero-order chi connectivity index (χ0) is 20.6. The molecule has 2 saturated carbocycles. The van der Waals surface area contributed by atoms with Crippen molar-refractivity contribution in [3.63, 3.8) is 0 Å². The van der Waals surface area contributed by atoms with Gasteiger partial charge in [0.15, 0.2) is 17.5 Å². The molecule has 0 saturated heterocycles. The van der Waals surface area contributed by atoms with Gasteiger partial charge in [-0.3, -0.25) is 0 Å². The molecule has 0 unspecified atom stereocenters. The van der Waals surface area contributed by atoms with Crippen molar-refractivity contribution in [2.24, 2.45) is 11.8 Å². The third-order valence-electron chi connectivity index (χ3n) is 6.63. The highest BCUT2D eigenvalue weighted by molar-refractivity contribution is 5.22. The predicted octanol–water partition coefficient (Wildman–Crippen LogP) is 6.97. The molecule has 158 valence electrons. The van der Waals surface area contributed by atoms with Crippen LogP contribution < -0.4 is 0 Å². The number of nitriles is 1. The van der Waals surface area contributed by atoms with Gasteiger partial charge in [0.05, 0.1) is 6.10 Å². The summed E-state index contributed by atoms with van der Waals surface area (Å²) in [5.41, 5.74) is 0.894. The van der Waals surface area contributed by atoms with Crippen LogP contribution in [-0.4, -0.2) is 12.7 Å². The van der Waals surface area contributed by atoms with Crippen LogP contribution in [0.1, 0.15) is 75.7 Å². The van der Waals surface area contributed by atoms with Crippen LogP contribution in [0.3, 0.4) is 0 Å². The average molecular weight is 406 g/mol. The Morgan fingerprint density at radius 2 is 1.69 bits per heavy atom. The van der Waals surface area contributed by atoms with E-state index in [-0.39, 0.29) is 6.10 Å². The summed E-state index contributed by atoms with van der Waals surface area (Å²) in [7, 11) is 0. The van der Waals surface area contributed by atoms with Gasteiger partial charge < -0.3 is 4.74 Å². The standard InChI is InChI=1S/C24H30F3NO/c25-21(15-28)3-1-2-17-4-6-18(7-5-17)16-29-22-11-8-19(9-12-22)20-10-13-23(26)24(27)14-20/h3,10,13-14,17-19,22H,1-2,4-9,11-12,16H2. The number of halogens is 3. The van der Waals surface area contributed by atoms with E-state index < -0.39 is 17.5 Å². The molecule has 2 nitrogen and oxygen atoms in total. The maximum Gasteiger partial charge on any atom is 0.196 e. The molecule has 1 aromatic rings. The van der Waals surface area contributed by atoms with Crippen molar-refractivity contribution in [2.75, 3.05) is 6.61 Å². The van der Waals surface area contributed by atoms with E-state index in [1.165, 1.54) is 24.3 Å². The van der Waals surface area contributed by atoms with E-state index in [1.54, 1.807) is 6.07 Å². The van der Waals surface area contributed by atoms with Crippen molar-refractivity contribution >= 4 is 0 Å². The van der Waals surface area contributed by atoms with Gasteiger partial charge in [0, 0.05) is 6.61 Å². The third kappa shape index (κ3) is 6.60. The summed E-state index contributed by atoms with van der Waals surface area (Å²) in [6.45, 7) is 0.802. The highest BCUT2D eigenvalue weighted by Gasteiger charge is 2.26. The molecule has 0 radical (unpaired) electrons. The molecule has 0 bridgehead atoms. The van der Waals surface area contributed by atoms with Crippen LogP contribution in [0.15, 0.2) is 30.1 Å². The van der Waals surface area contributed by atoms with Crippen molar-refractivity contribution in [1.82, 2.24) is 0 Å². The molecular formula is C24H30F3NO. The molecule has 0 heterocycles. The summed E-state index contributed by atoms with van der Waals surface area (Å²) < 4.78 is 45.6. The molecule has 0 aliphatic heterocycles. The highest BCUT2D eigenvalue weighted by Crippen LogP contribution is 2.36. The highest BCUT2D eigenvalue weighted by atomic mass is 19.2. The first-order chi connectivity index (χ1) is 14.0. The molecular weight excluding hydrogens is 375 g/mol. The smallest absolute Gasteiger partial charge is 0.196 e. The molecule has 2 aliphatic rings. The quantitative estimate of drug-likeness (QED) is 0.459. The molecule has 3 rings (SSSR count). The number of rotatable bonds is 7. The minimum Gasteiger partial charge on any atom is -0.378 e. The van der Waals surface area contributed by atoms with Crippen LogP contribution >= 0.6 is 0 Å². The van der Waals surface area contributed by atoms with Gasteiger partial charge in [-0.1, -0.05) is 18.9 Å². The zero-order valence-corrected chi connectivity index (χ0v) is 16.9. The summed E-state index contributed by atoms with van der Waals surface area (Å²) >= 11 is 0. The Balaban J connectivity index is 1.32. The first-order valence-corrected chi connectivity index (χ1v) is 10.9. The number of hydrogen-bond acceptors (Lipinski definition) is 2. The molecule has 29 heavy (non-hydrogen) atoms. The molecule has 5 heteroatoms. The summed E-state index contributed by atoms with van der Waals surface area (Å²) in [6.07, 6.45) is 11.7. The van der Waals surface area contributed by atoms with Gasteiger partial charge in [-0.15, -0.1) is 0 Å². The van der Waals surface area contributed by atoms with Crippen LogP contribution in [0.5, 0.6) is 0 Å². The second kappa shape index (κ2) is 10.8. The Morgan fingerprint density at radius 3 is 2.34 bits per heavy atom. The number of hydrogen-bond donors (Lipinski definition) is 0. The van der Waals surface area contributed by atoms with Crippen molar-refractivity contribution < 1.29 is 17.9 Å². The Bertz CT molecular complexity index is 726. The summed E-state index contributed by atoms with van der Waals surface area (Å²) in [4.78, 5) is 0. The van der Waals surface area contributed by atoms with E-state index in [4.69, 9.17) is 10.00 Å². The van der Waals surface area contributed by atoms with Gasteiger partial charge in [0.2, 0.25) is 0 Å². The van der Waals surface area contributed by atoms with Crippen molar-refractivity contribution in [1.29, 1.82) is 5.26 Å².